The van der Waals surface area contributed by atoms with E-state index in [0.717, 1.165) is 64.6 Å². The molecule has 3 heterocycles. The first-order valence-corrected chi connectivity index (χ1v) is 10.9. The average Bonchev–Trinajstić information content (AvgIpc) is 3.61. The number of allylic oxidation sites excluding steroid dienone is 1. The van der Waals surface area contributed by atoms with Crippen molar-refractivity contribution in [2.24, 2.45) is 0 Å². The molecular weight excluding hydrogens is 374 g/mol. The molecule has 0 radical (unpaired) electrons. The van der Waals surface area contributed by atoms with E-state index in [4.69, 9.17) is 9.47 Å². The summed E-state index contributed by atoms with van der Waals surface area (Å²) in [6.07, 6.45) is 10.1. The van der Waals surface area contributed by atoms with Gasteiger partial charge in [0.2, 0.25) is 0 Å². The molecule has 0 bridgehead atoms. The zero-order valence-corrected chi connectivity index (χ0v) is 17.2. The molecule has 0 aromatic carbocycles. The lowest BCUT2D eigenvalue weighted by Crippen LogP contribution is -2.54. The van der Waals surface area contributed by atoms with Crippen molar-refractivity contribution in [1.82, 2.24) is 13.7 Å². The van der Waals surface area contributed by atoms with Crippen LogP contribution in [0.3, 0.4) is 0 Å². The molecule has 0 spiro atoms. The van der Waals surface area contributed by atoms with E-state index in [-0.39, 0.29) is 0 Å². The fourth-order valence-corrected chi connectivity index (χ4v) is 3.57. The number of ether oxygens (including phenoxy) is 2. The van der Waals surface area contributed by atoms with Gasteiger partial charge in [0.25, 0.3) is 0 Å². The second-order valence-corrected chi connectivity index (χ2v) is 7.99. The van der Waals surface area contributed by atoms with Crippen molar-refractivity contribution in [1.29, 1.82) is 0 Å². The van der Waals surface area contributed by atoms with E-state index in [0.29, 0.717) is 38.3 Å². The minimum absolute atomic E-state index is 0.331. The minimum atomic E-state index is -0.482. The van der Waals surface area contributed by atoms with Crippen LogP contribution in [-0.2, 0) is 29.1 Å². The van der Waals surface area contributed by atoms with Gasteiger partial charge < -0.3 is 9.47 Å². The Kier molecular flexibility index (Phi) is 8.06. The van der Waals surface area contributed by atoms with Gasteiger partial charge in [0, 0.05) is 19.6 Å². The second kappa shape index (κ2) is 10.7. The number of rotatable bonds is 15. The van der Waals surface area contributed by atoms with Crippen LogP contribution in [0.1, 0.15) is 57.8 Å². The van der Waals surface area contributed by atoms with Gasteiger partial charge >= 0.3 is 17.1 Å². The van der Waals surface area contributed by atoms with Crippen molar-refractivity contribution in [3.05, 3.63) is 44.1 Å². The third-order valence-electron chi connectivity index (χ3n) is 5.55. The SMILES string of the molecule is C=CCCCCn1c(=O)n(CCCCC2CO2)c(=O)n(CCCCC2CO2)c1=O. The lowest BCUT2D eigenvalue weighted by molar-refractivity contribution is 0.374. The maximum absolute atomic E-state index is 12.9. The molecule has 8 nitrogen and oxygen atoms in total. The van der Waals surface area contributed by atoms with Gasteiger partial charge in [-0.05, 0) is 57.8 Å². The van der Waals surface area contributed by atoms with Gasteiger partial charge in [-0.1, -0.05) is 6.08 Å². The first-order chi connectivity index (χ1) is 14.1. The summed E-state index contributed by atoms with van der Waals surface area (Å²) >= 11 is 0. The fraction of sp³-hybridized carbons (Fsp3) is 0.762. The van der Waals surface area contributed by atoms with E-state index < -0.39 is 17.1 Å². The van der Waals surface area contributed by atoms with Crippen LogP contribution in [0.5, 0.6) is 0 Å². The molecule has 3 rings (SSSR count). The van der Waals surface area contributed by atoms with E-state index in [1.165, 1.54) is 13.7 Å². The van der Waals surface area contributed by atoms with E-state index in [2.05, 4.69) is 6.58 Å². The van der Waals surface area contributed by atoms with Crippen molar-refractivity contribution >= 4 is 0 Å². The van der Waals surface area contributed by atoms with Crippen molar-refractivity contribution < 1.29 is 9.47 Å². The molecule has 1 aromatic rings. The molecule has 0 aliphatic carbocycles. The van der Waals surface area contributed by atoms with Crippen molar-refractivity contribution in [2.45, 2.75) is 89.6 Å². The quantitative estimate of drug-likeness (QED) is 0.251. The van der Waals surface area contributed by atoms with Crippen LogP contribution in [0.15, 0.2) is 27.0 Å². The topological polar surface area (TPSA) is 91.1 Å². The molecule has 1 aromatic heterocycles. The second-order valence-electron chi connectivity index (χ2n) is 7.99. The summed E-state index contributed by atoms with van der Waals surface area (Å²) in [6.45, 7) is 6.34. The maximum Gasteiger partial charge on any atom is 0.336 e. The zero-order valence-electron chi connectivity index (χ0n) is 17.2. The summed E-state index contributed by atoms with van der Waals surface area (Å²) in [5, 5.41) is 0. The third-order valence-corrected chi connectivity index (χ3v) is 5.55. The lowest BCUT2D eigenvalue weighted by atomic mass is 10.2. The Bertz CT molecular complexity index is 787. The predicted molar refractivity (Wildman–Crippen MR) is 110 cm³/mol. The molecule has 2 unspecified atom stereocenters. The summed E-state index contributed by atoms with van der Waals surface area (Å²) in [6, 6.07) is 0. The number of hydrogen-bond donors (Lipinski definition) is 0. The zero-order chi connectivity index (χ0) is 20.6. The smallest absolute Gasteiger partial charge is 0.336 e. The number of epoxide rings is 2. The Morgan fingerprint density at radius 2 is 1.10 bits per heavy atom. The Hall–Kier alpha value is -1.93. The molecule has 162 valence electrons. The highest BCUT2D eigenvalue weighted by Gasteiger charge is 2.22. The van der Waals surface area contributed by atoms with Crippen LogP contribution in [0.4, 0.5) is 0 Å². The standard InChI is InChI=1S/C21H33N3O5/c1-2-3-4-7-12-22-19(25)23(13-8-5-10-17-15-28-17)21(27)24(20(22)26)14-9-6-11-18-16-29-18/h2,17-18H,1,3-16H2. The molecule has 8 heteroatoms. The van der Waals surface area contributed by atoms with Gasteiger partial charge in [-0.3, -0.25) is 0 Å². The van der Waals surface area contributed by atoms with Crippen LogP contribution in [-0.4, -0.2) is 39.1 Å². The molecule has 2 aliphatic heterocycles. The summed E-state index contributed by atoms with van der Waals surface area (Å²) in [7, 11) is 0. The van der Waals surface area contributed by atoms with Crippen molar-refractivity contribution in [2.75, 3.05) is 13.2 Å². The fourth-order valence-electron chi connectivity index (χ4n) is 3.57. The van der Waals surface area contributed by atoms with Crippen LogP contribution in [0.2, 0.25) is 0 Å². The first-order valence-electron chi connectivity index (χ1n) is 10.9. The average molecular weight is 408 g/mol. The van der Waals surface area contributed by atoms with Crippen molar-refractivity contribution in [3.63, 3.8) is 0 Å². The monoisotopic (exact) mass is 407 g/mol. The van der Waals surface area contributed by atoms with Gasteiger partial charge in [-0.2, -0.15) is 0 Å². The highest BCUT2D eigenvalue weighted by Crippen LogP contribution is 2.17. The van der Waals surface area contributed by atoms with Gasteiger partial charge in [0.05, 0.1) is 25.4 Å². The molecule has 0 amide bonds. The minimum Gasteiger partial charge on any atom is -0.373 e. The lowest BCUT2D eigenvalue weighted by Gasteiger charge is -2.14. The van der Waals surface area contributed by atoms with Gasteiger partial charge in [-0.25, -0.2) is 28.1 Å². The normalized spacial score (nSPS) is 20.0. The van der Waals surface area contributed by atoms with E-state index >= 15 is 0 Å². The van der Waals surface area contributed by atoms with Crippen molar-refractivity contribution in [3.8, 4) is 0 Å². The molecule has 2 aliphatic rings. The van der Waals surface area contributed by atoms with Crippen LogP contribution >= 0.6 is 0 Å². The van der Waals surface area contributed by atoms with Gasteiger partial charge in [0.1, 0.15) is 0 Å². The summed E-state index contributed by atoms with van der Waals surface area (Å²) in [4.78, 5) is 38.6. The number of aromatic nitrogens is 3. The number of hydrogen-bond acceptors (Lipinski definition) is 5. The third kappa shape index (κ3) is 6.54. The largest absolute Gasteiger partial charge is 0.373 e. The van der Waals surface area contributed by atoms with E-state index in [1.54, 1.807) is 0 Å². The Labute approximate surface area is 170 Å². The molecule has 0 saturated carbocycles. The van der Waals surface area contributed by atoms with Gasteiger partial charge in [0.15, 0.2) is 0 Å². The van der Waals surface area contributed by atoms with Crippen LogP contribution in [0, 0.1) is 0 Å². The summed E-state index contributed by atoms with van der Waals surface area (Å²) in [5.74, 6) is 0. The summed E-state index contributed by atoms with van der Waals surface area (Å²) in [5.41, 5.74) is -1.44. The van der Waals surface area contributed by atoms with Gasteiger partial charge in [-0.15, -0.1) is 6.58 Å². The predicted octanol–water partition coefficient (Wildman–Crippen LogP) is 1.67. The molecule has 29 heavy (non-hydrogen) atoms. The van der Waals surface area contributed by atoms with E-state index in [9.17, 15) is 14.4 Å². The highest BCUT2D eigenvalue weighted by molar-refractivity contribution is 4.80. The molecule has 2 atom stereocenters. The maximum atomic E-state index is 12.9. The Morgan fingerprint density at radius 3 is 1.45 bits per heavy atom. The number of unbranched alkanes of at least 4 members (excludes halogenated alkanes) is 4. The number of nitrogens with zero attached hydrogens (tertiary/aromatic N) is 3. The molecule has 0 N–H and O–H groups in total. The van der Waals surface area contributed by atoms with Crippen LogP contribution in [0.25, 0.3) is 0 Å². The van der Waals surface area contributed by atoms with Crippen LogP contribution < -0.4 is 17.1 Å². The Balaban J connectivity index is 1.72. The Morgan fingerprint density at radius 1 is 0.724 bits per heavy atom. The van der Waals surface area contributed by atoms with E-state index in [1.807, 2.05) is 6.08 Å². The molecule has 2 fully saturated rings. The highest BCUT2D eigenvalue weighted by atomic mass is 16.6. The summed E-state index contributed by atoms with van der Waals surface area (Å²) < 4.78 is 14.1. The molecular formula is C21H33N3O5. The molecule has 2 saturated heterocycles. The first kappa shape index (κ1) is 21.8.